The molecule has 0 radical (unpaired) electrons. The van der Waals surface area contributed by atoms with Crippen molar-refractivity contribution in [2.24, 2.45) is 5.84 Å². The number of rotatable bonds is 7. The zero-order valence-corrected chi connectivity index (χ0v) is 11.3. The van der Waals surface area contributed by atoms with E-state index in [9.17, 15) is 18.0 Å². The van der Waals surface area contributed by atoms with Crippen LogP contribution in [-0.4, -0.2) is 29.1 Å². The molecule has 10 heteroatoms. The van der Waals surface area contributed by atoms with Crippen LogP contribution in [0, 0.1) is 0 Å². The van der Waals surface area contributed by atoms with Gasteiger partial charge in [-0.3, -0.25) is 4.79 Å². The minimum atomic E-state index is -4.67. The molecule has 1 heterocycles. The first-order valence-electron chi connectivity index (χ1n) is 6.19. The van der Waals surface area contributed by atoms with Crippen LogP contribution in [0.3, 0.4) is 0 Å². The van der Waals surface area contributed by atoms with Gasteiger partial charge in [0.2, 0.25) is 5.82 Å². The number of carbonyl (C=O) groups excluding carboxylic acids is 1. The van der Waals surface area contributed by atoms with Crippen LogP contribution in [0.2, 0.25) is 0 Å². The smallest absolute Gasteiger partial charge is 0.451 e. The number of esters is 1. The molecule has 7 nitrogen and oxygen atoms in total. The second-order valence-corrected chi connectivity index (χ2v) is 3.94. The van der Waals surface area contributed by atoms with E-state index >= 15 is 0 Å². The summed E-state index contributed by atoms with van der Waals surface area (Å²) in [5, 5.41) is 2.67. The van der Waals surface area contributed by atoms with Gasteiger partial charge in [-0.2, -0.15) is 13.2 Å². The van der Waals surface area contributed by atoms with Gasteiger partial charge in [0.25, 0.3) is 0 Å². The number of anilines is 2. The van der Waals surface area contributed by atoms with E-state index in [0.717, 1.165) is 0 Å². The SMILES string of the molecule is CCOC(=O)CCCNc1cc(NN)nc(C(F)(F)F)n1. The molecule has 0 amide bonds. The Hall–Kier alpha value is -2.10. The maximum atomic E-state index is 12.6. The fraction of sp³-hybridized carbons (Fsp3) is 0.545. The van der Waals surface area contributed by atoms with E-state index < -0.39 is 12.0 Å². The van der Waals surface area contributed by atoms with Crippen LogP contribution >= 0.6 is 0 Å². The molecular weight excluding hydrogens is 291 g/mol. The third-order valence-electron chi connectivity index (χ3n) is 2.30. The number of hydrogen-bond donors (Lipinski definition) is 3. The van der Waals surface area contributed by atoms with Crippen molar-refractivity contribution in [1.82, 2.24) is 9.97 Å². The molecule has 0 saturated carbocycles. The number of nitrogens with one attached hydrogen (secondary N) is 2. The van der Waals surface area contributed by atoms with E-state index in [0.29, 0.717) is 13.0 Å². The van der Waals surface area contributed by atoms with Gasteiger partial charge in [0.1, 0.15) is 11.6 Å². The third kappa shape index (κ3) is 5.81. The highest BCUT2D eigenvalue weighted by molar-refractivity contribution is 5.69. The average Bonchev–Trinajstić information content (AvgIpc) is 2.42. The van der Waals surface area contributed by atoms with Crippen LogP contribution in [0.5, 0.6) is 0 Å². The molecule has 0 aliphatic carbocycles. The largest absolute Gasteiger partial charge is 0.466 e. The Morgan fingerprint density at radius 3 is 2.62 bits per heavy atom. The molecule has 1 aromatic rings. The van der Waals surface area contributed by atoms with Crippen molar-refractivity contribution in [3.05, 3.63) is 11.9 Å². The summed E-state index contributed by atoms with van der Waals surface area (Å²) >= 11 is 0. The molecule has 0 fully saturated rings. The highest BCUT2D eigenvalue weighted by Gasteiger charge is 2.35. The number of nitrogen functional groups attached to an aromatic ring is 1. The van der Waals surface area contributed by atoms with Crippen molar-refractivity contribution in [3.8, 4) is 0 Å². The number of nitrogens with two attached hydrogens (primary N) is 1. The summed E-state index contributed by atoms with van der Waals surface area (Å²) in [4.78, 5) is 17.7. The molecule has 0 aliphatic heterocycles. The Morgan fingerprint density at radius 1 is 1.38 bits per heavy atom. The summed E-state index contributed by atoms with van der Waals surface area (Å²) < 4.78 is 42.5. The molecular formula is C11H16F3N5O2. The number of aromatic nitrogens is 2. The van der Waals surface area contributed by atoms with Gasteiger partial charge in [-0.25, -0.2) is 15.8 Å². The minimum Gasteiger partial charge on any atom is -0.466 e. The number of hydrogen-bond acceptors (Lipinski definition) is 7. The van der Waals surface area contributed by atoms with E-state index in [2.05, 4.69) is 15.3 Å². The van der Waals surface area contributed by atoms with Crippen molar-refractivity contribution in [1.29, 1.82) is 0 Å². The molecule has 0 spiro atoms. The van der Waals surface area contributed by atoms with E-state index in [1.807, 2.05) is 5.43 Å². The number of carbonyl (C=O) groups is 1. The molecule has 0 aromatic carbocycles. The lowest BCUT2D eigenvalue weighted by molar-refractivity contribution is -0.145. The van der Waals surface area contributed by atoms with Crippen LogP contribution in [0.4, 0.5) is 24.8 Å². The van der Waals surface area contributed by atoms with Gasteiger partial charge in [-0.15, -0.1) is 0 Å². The number of halogens is 3. The Balaban J connectivity index is 2.60. The molecule has 1 aromatic heterocycles. The van der Waals surface area contributed by atoms with Crippen LogP contribution in [0.1, 0.15) is 25.6 Å². The summed E-state index contributed by atoms with van der Waals surface area (Å²) in [7, 11) is 0. The summed E-state index contributed by atoms with van der Waals surface area (Å²) in [5.74, 6) is 3.21. The first-order chi connectivity index (χ1) is 9.86. The van der Waals surface area contributed by atoms with E-state index in [1.54, 1.807) is 6.92 Å². The maximum Gasteiger partial charge on any atom is 0.451 e. The van der Waals surface area contributed by atoms with Crippen molar-refractivity contribution in [3.63, 3.8) is 0 Å². The first kappa shape index (κ1) is 17.0. The van der Waals surface area contributed by atoms with Crippen molar-refractivity contribution >= 4 is 17.6 Å². The van der Waals surface area contributed by atoms with Gasteiger partial charge in [-0.1, -0.05) is 0 Å². The fourth-order valence-electron chi connectivity index (χ4n) is 1.42. The van der Waals surface area contributed by atoms with Gasteiger partial charge < -0.3 is 15.5 Å². The van der Waals surface area contributed by atoms with Gasteiger partial charge in [0.15, 0.2) is 0 Å². The second-order valence-electron chi connectivity index (χ2n) is 3.94. The van der Waals surface area contributed by atoms with Gasteiger partial charge in [0, 0.05) is 19.0 Å². The maximum absolute atomic E-state index is 12.6. The molecule has 1 rings (SSSR count). The minimum absolute atomic E-state index is 0.0332. The van der Waals surface area contributed by atoms with E-state index in [-0.39, 0.29) is 30.6 Å². The Bertz CT molecular complexity index is 481. The molecule has 0 unspecified atom stereocenters. The van der Waals surface area contributed by atoms with Crippen LogP contribution in [0.15, 0.2) is 6.07 Å². The molecule has 0 atom stereocenters. The predicted octanol–water partition coefficient (Wildman–Crippen LogP) is 1.54. The normalized spacial score (nSPS) is 11.1. The van der Waals surface area contributed by atoms with Crippen molar-refractivity contribution in [2.75, 3.05) is 23.9 Å². The highest BCUT2D eigenvalue weighted by Crippen LogP contribution is 2.28. The fourth-order valence-corrected chi connectivity index (χ4v) is 1.42. The van der Waals surface area contributed by atoms with Gasteiger partial charge in [-0.05, 0) is 13.3 Å². The van der Waals surface area contributed by atoms with Crippen molar-refractivity contribution in [2.45, 2.75) is 25.9 Å². The quantitative estimate of drug-likeness (QED) is 0.304. The Kier molecular flexibility index (Phi) is 6.15. The molecule has 0 bridgehead atoms. The lowest BCUT2D eigenvalue weighted by Crippen LogP contribution is -2.17. The molecule has 4 N–H and O–H groups in total. The lowest BCUT2D eigenvalue weighted by Gasteiger charge is -2.11. The zero-order chi connectivity index (χ0) is 15.9. The van der Waals surface area contributed by atoms with Crippen LogP contribution < -0.4 is 16.6 Å². The van der Waals surface area contributed by atoms with E-state index in [4.69, 9.17) is 10.6 Å². The summed E-state index contributed by atoms with van der Waals surface area (Å²) in [5.41, 5.74) is 2.04. The van der Waals surface area contributed by atoms with Crippen molar-refractivity contribution < 1.29 is 22.7 Å². The van der Waals surface area contributed by atoms with Gasteiger partial charge >= 0.3 is 12.1 Å². The molecule has 0 saturated heterocycles. The van der Waals surface area contributed by atoms with Crippen LogP contribution in [-0.2, 0) is 15.7 Å². The molecule has 118 valence electrons. The monoisotopic (exact) mass is 307 g/mol. The standard InChI is InChI=1S/C11H16F3N5O2/c1-2-21-9(20)4-3-5-16-7-6-8(19-15)18-10(17-7)11(12,13)14/h6H,2-5,15H2,1H3,(H2,16,17,18,19). The third-order valence-corrected chi connectivity index (χ3v) is 2.30. The topological polar surface area (TPSA) is 102 Å². The lowest BCUT2D eigenvalue weighted by atomic mass is 10.3. The zero-order valence-electron chi connectivity index (χ0n) is 11.3. The number of ether oxygens (including phenoxy) is 1. The Morgan fingerprint density at radius 2 is 2.05 bits per heavy atom. The summed E-state index contributed by atoms with van der Waals surface area (Å²) in [6.45, 7) is 2.24. The van der Waals surface area contributed by atoms with Crippen LogP contribution in [0.25, 0.3) is 0 Å². The second kappa shape index (κ2) is 7.62. The van der Waals surface area contributed by atoms with E-state index in [1.165, 1.54) is 6.07 Å². The molecule has 21 heavy (non-hydrogen) atoms. The molecule has 0 aliphatic rings. The summed E-state index contributed by atoms with van der Waals surface area (Å²) in [6.07, 6.45) is -4.11. The first-order valence-corrected chi connectivity index (χ1v) is 6.19. The summed E-state index contributed by atoms with van der Waals surface area (Å²) in [6, 6.07) is 1.24. The number of nitrogens with zero attached hydrogens (tertiary/aromatic N) is 2. The number of alkyl halides is 3. The highest BCUT2D eigenvalue weighted by atomic mass is 19.4. The predicted molar refractivity (Wildman–Crippen MR) is 69.2 cm³/mol. The Labute approximate surface area is 119 Å². The number of hydrazine groups is 1. The van der Waals surface area contributed by atoms with Gasteiger partial charge in [0.05, 0.1) is 6.61 Å². The average molecular weight is 307 g/mol.